The molecule has 0 unspecified atom stereocenters. The number of fused-ring (bicyclic) bond motifs is 14. The van der Waals surface area contributed by atoms with Crippen LogP contribution in [0.25, 0.3) is 112 Å². The van der Waals surface area contributed by atoms with E-state index in [1.807, 2.05) is 11.3 Å². The van der Waals surface area contributed by atoms with Gasteiger partial charge in [0.05, 0.1) is 25.9 Å². The molecule has 5 heteroatoms. The van der Waals surface area contributed by atoms with Crippen molar-refractivity contribution in [1.82, 2.24) is 14.5 Å². The van der Waals surface area contributed by atoms with E-state index >= 15 is 0 Å². The van der Waals surface area contributed by atoms with Crippen LogP contribution >= 0.6 is 22.7 Å². The van der Waals surface area contributed by atoms with Gasteiger partial charge in [-0.3, -0.25) is 4.57 Å². The first-order valence-corrected chi connectivity index (χ1v) is 19.5. The Morgan fingerprint density at radius 2 is 1.00 bits per heavy atom. The maximum atomic E-state index is 5.57. The molecule has 0 saturated carbocycles. The molecule has 0 aliphatic rings. The summed E-state index contributed by atoms with van der Waals surface area (Å²) in [7, 11) is 0. The molecule has 0 N–H and O–H groups in total. The van der Waals surface area contributed by atoms with Gasteiger partial charge in [0, 0.05) is 41.9 Å². The lowest BCUT2D eigenvalue weighted by atomic mass is 9.97. The molecule has 0 amide bonds. The fraction of sp³-hybridized carbons (Fsp3) is 0. The number of benzene rings is 8. The third-order valence-electron chi connectivity index (χ3n) is 10.8. The van der Waals surface area contributed by atoms with Gasteiger partial charge in [-0.1, -0.05) is 146 Å². The van der Waals surface area contributed by atoms with E-state index in [0.29, 0.717) is 0 Å². The first-order valence-electron chi connectivity index (χ1n) is 17.8. The van der Waals surface area contributed by atoms with E-state index in [1.165, 1.54) is 73.8 Å². The van der Waals surface area contributed by atoms with Crippen LogP contribution in [0.2, 0.25) is 0 Å². The van der Waals surface area contributed by atoms with Crippen LogP contribution in [-0.4, -0.2) is 14.5 Å². The highest BCUT2D eigenvalue weighted by Crippen LogP contribution is 2.49. The van der Waals surface area contributed by atoms with Gasteiger partial charge in [0.25, 0.3) is 0 Å². The maximum absolute atomic E-state index is 5.57. The Labute approximate surface area is 311 Å². The van der Waals surface area contributed by atoms with Crippen molar-refractivity contribution in [2.75, 3.05) is 0 Å². The Bertz CT molecular complexity index is 3450. The number of thiophene rings is 2. The highest BCUT2D eigenvalue weighted by atomic mass is 32.1. The fourth-order valence-corrected chi connectivity index (χ4v) is 10.9. The molecule has 0 bridgehead atoms. The molecule has 8 aromatic carbocycles. The van der Waals surface area contributed by atoms with Gasteiger partial charge in [-0.25, -0.2) is 9.97 Å². The number of hydrogen-bond acceptors (Lipinski definition) is 4. The molecule has 53 heavy (non-hydrogen) atoms. The minimum absolute atomic E-state index is 0.722. The normalized spacial score (nSPS) is 12.2. The van der Waals surface area contributed by atoms with Gasteiger partial charge < -0.3 is 0 Å². The number of para-hydroxylation sites is 1. The Morgan fingerprint density at radius 3 is 1.81 bits per heavy atom. The second kappa shape index (κ2) is 11.1. The van der Waals surface area contributed by atoms with E-state index in [9.17, 15) is 0 Å². The van der Waals surface area contributed by atoms with Gasteiger partial charge in [0.2, 0.25) is 0 Å². The Kier molecular flexibility index (Phi) is 6.09. The lowest BCUT2D eigenvalue weighted by Crippen LogP contribution is -2.01. The third-order valence-corrected chi connectivity index (χ3v) is 13.1. The average molecular weight is 710 g/mol. The van der Waals surface area contributed by atoms with Crippen molar-refractivity contribution in [3.63, 3.8) is 0 Å². The molecule has 0 radical (unpaired) electrons. The van der Waals surface area contributed by atoms with E-state index in [0.717, 1.165) is 38.3 Å². The summed E-state index contributed by atoms with van der Waals surface area (Å²) >= 11 is 3.66. The summed E-state index contributed by atoms with van der Waals surface area (Å²) in [6.07, 6.45) is 0. The van der Waals surface area contributed by atoms with Crippen LogP contribution in [0.15, 0.2) is 164 Å². The van der Waals surface area contributed by atoms with Crippen molar-refractivity contribution in [2.24, 2.45) is 0 Å². The highest BCUT2D eigenvalue weighted by molar-refractivity contribution is 7.27. The number of aromatic nitrogens is 3. The molecular formula is C48H27N3S2. The number of nitrogens with zero attached hydrogens (tertiary/aromatic N) is 3. The Morgan fingerprint density at radius 1 is 0.415 bits per heavy atom. The maximum Gasteiger partial charge on any atom is 0.162 e. The van der Waals surface area contributed by atoms with Gasteiger partial charge in [-0.05, 0) is 50.9 Å². The molecule has 4 heterocycles. The van der Waals surface area contributed by atoms with Gasteiger partial charge in [0.15, 0.2) is 11.6 Å². The van der Waals surface area contributed by atoms with Crippen LogP contribution in [0.3, 0.4) is 0 Å². The average Bonchev–Trinajstić information content (AvgIpc) is 3.91. The standard InChI is InChI=1S/C48H27N3S2/c1-2-14-31-28(12-1)13-11-20-32(31)29-24-26-30(27-25-29)47-49-43-37-19-7-10-23-40(37)53-46(43)48(50-47)51-38-21-8-5-17-35(38)41-33-15-3-4-16-34(33)42-36-18-6-9-22-39(36)52-45(42)44(41)51/h1-27H. The zero-order valence-electron chi connectivity index (χ0n) is 28.2. The van der Waals surface area contributed by atoms with E-state index in [2.05, 4.69) is 168 Å². The van der Waals surface area contributed by atoms with Crippen LogP contribution in [-0.2, 0) is 0 Å². The Balaban J connectivity index is 1.19. The van der Waals surface area contributed by atoms with Gasteiger partial charge in [-0.2, -0.15) is 0 Å². The zero-order valence-corrected chi connectivity index (χ0v) is 29.9. The predicted molar refractivity (Wildman–Crippen MR) is 228 cm³/mol. The van der Waals surface area contributed by atoms with Crippen molar-refractivity contribution >= 4 is 106 Å². The third kappa shape index (κ3) is 4.15. The molecule has 0 spiro atoms. The number of hydrogen-bond donors (Lipinski definition) is 0. The number of rotatable bonds is 3. The van der Waals surface area contributed by atoms with E-state index in [1.54, 1.807) is 11.3 Å². The first-order chi connectivity index (χ1) is 26.3. The van der Waals surface area contributed by atoms with Crippen molar-refractivity contribution in [3.05, 3.63) is 164 Å². The zero-order chi connectivity index (χ0) is 34.6. The molecule has 0 fully saturated rings. The monoisotopic (exact) mass is 709 g/mol. The van der Waals surface area contributed by atoms with E-state index < -0.39 is 0 Å². The first kappa shape index (κ1) is 29.2. The summed E-state index contributed by atoms with van der Waals surface area (Å²) in [5.41, 5.74) is 6.73. The lowest BCUT2D eigenvalue weighted by molar-refractivity contribution is 1.09. The lowest BCUT2D eigenvalue weighted by Gasteiger charge is -2.12. The van der Waals surface area contributed by atoms with Gasteiger partial charge >= 0.3 is 0 Å². The van der Waals surface area contributed by atoms with Crippen molar-refractivity contribution in [1.29, 1.82) is 0 Å². The van der Waals surface area contributed by atoms with Gasteiger partial charge in [-0.15, -0.1) is 22.7 Å². The second-order valence-electron chi connectivity index (χ2n) is 13.7. The molecule has 0 aliphatic heterocycles. The smallest absolute Gasteiger partial charge is 0.162 e. The van der Waals surface area contributed by atoms with E-state index in [-0.39, 0.29) is 0 Å². The summed E-state index contributed by atoms with van der Waals surface area (Å²) in [5.74, 6) is 1.64. The molecular weight excluding hydrogens is 683 g/mol. The van der Waals surface area contributed by atoms with Crippen LogP contribution in [0.1, 0.15) is 0 Å². The van der Waals surface area contributed by atoms with Crippen molar-refractivity contribution in [3.8, 4) is 28.3 Å². The summed E-state index contributed by atoms with van der Waals surface area (Å²) in [5, 5.41) is 11.3. The van der Waals surface area contributed by atoms with Crippen LogP contribution < -0.4 is 0 Å². The largest absolute Gasteiger partial charge is 0.291 e. The van der Waals surface area contributed by atoms with Crippen molar-refractivity contribution in [2.45, 2.75) is 0 Å². The molecule has 0 aliphatic carbocycles. The van der Waals surface area contributed by atoms with Crippen LogP contribution in [0.4, 0.5) is 0 Å². The predicted octanol–water partition coefficient (Wildman–Crippen LogP) is 13.9. The Hall–Kier alpha value is -6.40. The quantitative estimate of drug-likeness (QED) is 0.183. The molecule has 3 nitrogen and oxygen atoms in total. The fourth-order valence-electron chi connectivity index (χ4n) is 8.48. The van der Waals surface area contributed by atoms with E-state index in [4.69, 9.17) is 9.97 Å². The molecule has 4 aromatic heterocycles. The summed E-state index contributed by atoms with van der Waals surface area (Å²) in [6, 6.07) is 59.1. The van der Waals surface area contributed by atoms with Gasteiger partial charge in [0.1, 0.15) is 0 Å². The van der Waals surface area contributed by atoms with Crippen molar-refractivity contribution < 1.29 is 0 Å². The molecule has 0 saturated heterocycles. The minimum Gasteiger partial charge on any atom is -0.291 e. The van der Waals surface area contributed by atoms with Crippen LogP contribution in [0, 0.1) is 0 Å². The molecule has 12 aromatic rings. The van der Waals surface area contributed by atoms with Crippen LogP contribution in [0.5, 0.6) is 0 Å². The summed E-state index contributed by atoms with van der Waals surface area (Å²) in [4.78, 5) is 10.9. The minimum atomic E-state index is 0.722. The molecule has 0 atom stereocenters. The summed E-state index contributed by atoms with van der Waals surface area (Å²) < 4.78 is 7.32. The highest BCUT2D eigenvalue weighted by Gasteiger charge is 2.25. The summed E-state index contributed by atoms with van der Waals surface area (Å²) in [6.45, 7) is 0. The SMILES string of the molecule is c1ccc2c(-c3ccc(-c4nc(-n5c6ccccc6c6c7ccccc7c7c8ccccc8sc7c65)c5sc6ccccc6c5n4)cc3)cccc2c1. The topological polar surface area (TPSA) is 30.7 Å². The molecule has 12 rings (SSSR count). The molecule has 246 valence electrons. The second-order valence-corrected chi connectivity index (χ2v) is 15.8.